The highest BCUT2D eigenvalue weighted by Crippen LogP contribution is 2.32. The number of aryl methyl sites for hydroxylation is 1. The Morgan fingerprint density at radius 3 is 2.70 bits per heavy atom. The SMILES string of the molecule is Cc1cccc(Nc2nnc(Sc3ccc(C#N)nn3)s2)c1C. The zero-order valence-electron chi connectivity index (χ0n) is 12.4. The molecule has 8 heteroatoms. The summed E-state index contributed by atoms with van der Waals surface area (Å²) in [5.74, 6) is 0. The maximum Gasteiger partial charge on any atom is 0.210 e. The van der Waals surface area contributed by atoms with Gasteiger partial charge in [0.15, 0.2) is 10.0 Å². The van der Waals surface area contributed by atoms with Crippen molar-refractivity contribution in [3.63, 3.8) is 0 Å². The minimum absolute atomic E-state index is 0.295. The van der Waals surface area contributed by atoms with E-state index in [2.05, 4.69) is 45.6 Å². The van der Waals surface area contributed by atoms with Gasteiger partial charge in [-0.05, 0) is 54.9 Å². The molecule has 0 unspecified atom stereocenters. The third-order valence-corrected chi connectivity index (χ3v) is 5.02. The fourth-order valence-electron chi connectivity index (χ4n) is 1.83. The molecule has 0 bridgehead atoms. The quantitative estimate of drug-likeness (QED) is 0.774. The normalized spacial score (nSPS) is 10.3. The van der Waals surface area contributed by atoms with Crippen LogP contribution in [-0.4, -0.2) is 20.4 Å². The molecule has 2 heterocycles. The smallest absolute Gasteiger partial charge is 0.210 e. The first-order chi connectivity index (χ1) is 11.2. The van der Waals surface area contributed by atoms with Crippen molar-refractivity contribution in [1.82, 2.24) is 20.4 Å². The van der Waals surface area contributed by atoms with E-state index in [0.29, 0.717) is 10.7 Å². The lowest BCUT2D eigenvalue weighted by atomic mass is 10.1. The van der Waals surface area contributed by atoms with Crippen molar-refractivity contribution in [3.8, 4) is 6.07 Å². The number of nitrogens with zero attached hydrogens (tertiary/aromatic N) is 5. The number of aromatic nitrogens is 4. The first-order valence-electron chi connectivity index (χ1n) is 6.74. The van der Waals surface area contributed by atoms with Crippen molar-refractivity contribution in [2.45, 2.75) is 23.2 Å². The summed E-state index contributed by atoms with van der Waals surface area (Å²) in [7, 11) is 0. The first-order valence-corrected chi connectivity index (χ1v) is 8.37. The Hall–Kier alpha value is -2.50. The summed E-state index contributed by atoms with van der Waals surface area (Å²) in [5.41, 5.74) is 3.73. The van der Waals surface area contributed by atoms with Crippen molar-refractivity contribution >= 4 is 33.9 Å². The van der Waals surface area contributed by atoms with E-state index in [1.807, 2.05) is 18.2 Å². The van der Waals surface area contributed by atoms with Crippen molar-refractivity contribution < 1.29 is 0 Å². The molecule has 2 aromatic heterocycles. The van der Waals surface area contributed by atoms with E-state index < -0.39 is 0 Å². The number of hydrogen-bond donors (Lipinski definition) is 1. The topological polar surface area (TPSA) is 87.4 Å². The molecule has 0 aliphatic heterocycles. The predicted molar refractivity (Wildman–Crippen MR) is 90.0 cm³/mol. The number of benzene rings is 1. The molecule has 1 N–H and O–H groups in total. The van der Waals surface area contributed by atoms with Crippen LogP contribution >= 0.6 is 23.1 Å². The van der Waals surface area contributed by atoms with E-state index in [1.54, 1.807) is 12.1 Å². The molecule has 0 spiro atoms. The average Bonchev–Trinajstić information content (AvgIpc) is 3.00. The average molecular weight is 340 g/mol. The van der Waals surface area contributed by atoms with Crippen LogP contribution in [0, 0.1) is 25.2 Å². The van der Waals surface area contributed by atoms with Gasteiger partial charge in [0.05, 0.1) is 0 Å². The van der Waals surface area contributed by atoms with Crippen LogP contribution in [0.25, 0.3) is 0 Å². The third-order valence-electron chi connectivity index (χ3n) is 3.20. The van der Waals surface area contributed by atoms with Crippen molar-refractivity contribution in [2.75, 3.05) is 5.32 Å². The van der Waals surface area contributed by atoms with Gasteiger partial charge in [-0.2, -0.15) is 5.26 Å². The number of rotatable bonds is 4. The summed E-state index contributed by atoms with van der Waals surface area (Å²) in [6, 6.07) is 11.4. The molecule has 0 saturated heterocycles. The van der Waals surface area contributed by atoms with Gasteiger partial charge >= 0.3 is 0 Å². The summed E-state index contributed by atoms with van der Waals surface area (Å²) in [4.78, 5) is 0. The molecular formula is C15H12N6S2. The maximum atomic E-state index is 8.72. The number of nitrogens with one attached hydrogen (secondary N) is 1. The molecule has 3 aromatic rings. The van der Waals surface area contributed by atoms with Crippen LogP contribution in [0.15, 0.2) is 39.7 Å². The second kappa shape index (κ2) is 6.73. The fourth-order valence-corrected chi connectivity index (χ4v) is 3.45. The summed E-state index contributed by atoms with van der Waals surface area (Å²) in [5, 5.41) is 29.5. The van der Waals surface area contributed by atoms with Crippen LogP contribution in [-0.2, 0) is 0 Å². The second-order valence-electron chi connectivity index (χ2n) is 4.72. The number of hydrogen-bond acceptors (Lipinski definition) is 8. The molecule has 0 atom stereocenters. The first kappa shape index (κ1) is 15.4. The Kier molecular flexibility index (Phi) is 4.50. The lowest BCUT2D eigenvalue weighted by Crippen LogP contribution is -1.94. The zero-order chi connectivity index (χ0) is 16.2. The minimum atomic E-state index is 0.295. The van der Waals surface area contributed by atoms with E-state index in [1.165, 1.54) is 34.2 Å². The standard InChI is InChI=1S/C15H12N6S2/c1-9-4-3-5-12(10(9)2)17-14-20-21-15(23-14)22-13-7-6-11(8-16)18-19-13/h3-7H,1-2H3,(H,17,20). The van der Waals surface area contributed by atoms with Crippen LogP contribution < -0.4 is 5.32 Å². The van der Waals surface area contributed by atoms with Gasteiger partial charge in [0.2, 0.25) is 5.13 Å². The molecule has 0 amide bonds. The summed E-state index contributed by atoms with van der Waals surface area (Å²) >= 11 is 2.81. The van der Waals surface area contributed by atoms with E-state index in [0.717, 1.165) is 15.2 Å². The highest BCUT2D eigenvalue weighted by Gasteiger charge is 2.09. The molecule has 3 rings (SSSR count). The van der Waals surface area contributed by atoms with Crippen molar-refractivity contribution in [3.05, 3.63) is 47.2 Å². The summed E-state index contributed by atoms with van der Waals surface area (Å²) < 4.78 is 0.761. The molecular weight excluding hydrogens is 328 g/mol. The highest BCUT2D eigenvalue weighted by molar-refractivity contribution is 8.01. The number of anilines is 2. The zero-order valence-corrected chi connectivity index (χ0v) is 14.1. The van der Waals surface area contributed by atoms with Gasteiger partial charge in [-0.15, -0.1) is 20.4 Å². The van der Waals surface area contributed by atoms with E-state index in [-0.39, 0.29) is 0 Å². The predicted octanol–water partition coefficient (Wildman–Crippen LogP) is 3.71. The van der Waals surface area contributed by atoms with Gasteiger partial charge in [0.25, 0.3) is 0 Å². The van der Waals surface area contributed by atoms with Gasteiger partial charge in [0, 0.05) is 5.69 Å². The Labute approximate surface area is 141 Å². The van der Waals surface area contributed by atoms with Crippen LogP contribution in [0.1, 0.15) is 16.8 Å². The van der Waals surface area contributed by atoms with E-state index in [9.17, 15) is 0 Å². The molecule has 0 fully saturated rings. The molecule has 0 aliphatic carbocycles. The molecule has 114 valence electrons. The third kappa shape index (κ3) is 3.64. The summed E-state index contributed by atoms with van der Waals surface area (Å²) in [6.45, 7) is 4.15. The van der Waals surface area contributed by atoms with E-state index in [4.69, 9.17) is 5.26 Å². The Balaban J connectivity index is 1.72. The molecule has 0 radical (unpaired) electrons. The minimum Gasteiger partial charge on any atom is -0.330 e. The van der Waals surface area contributed by atoms with Crippen LogP contribution in [0.3, 0.4) is 0 Å². The monoisotopic (exact) mass is 340 g/mol. The second-order valence-corrected chi connectivity index (χ2v) is 6.96. The lowest BCUT2D eigenvalue weighted by Gasteiger charge is -2.08. The summed E-state index contributed by atoms with van der Waals surface area (Å²) in [6.07, 6.45) is 0. The Bertz CT molecular complexity index is 866. The highest BCUT2D eigenvalue weighted by atomic mass is 32.2. The number of nitriles is 1. The Morgan fingerprint density at radius 1 is 1.09 bits per heavy atom. The largest absolute Gasteiger partial charge is 0.330 e. The van der Waals surface area contributed by atoms with Crippen molar-refractivity contribution in [2.24, 2.45) is 0 Å². The van der Waals surface area contributed by atoms with Gasteiger partial charge in [-0.1, -0.05) is 23.5 Å². The van der Waals surface area contributed by atoms with Crippen LogP contribution in [0.2, 0.25) is 0 Å². The molecule has 1 aromatic carbocycles. The van der Waals surface area contributed by atoms with Gasteiger partial charge in [-0.3, -0.25) is 0 Å². The maximum absolute atomic E-state index is 8.72. The molecule has 0 saturated carbocycles. The fraction of sp³-hybridized carbons (Fsp3) is 0.133. The van der Waals surface area contributed by atoms with Crippen molar-refractivity contribution in [1.29, 1.82) is 5.26 Å². The van der Waals surface area contributed by atoms with Crippen LogP contribution in [0.5, 0.6) is 0 Å². The van der Waals surface area contributed by atoms with Gasteiger partial charge in [-0.25, -0.2) is 0 Å². The van der Waals surface area contributed by atoms with Gasteiger partial charge in [0.1, 0.15) is 11.1 Å². The van der Waals surface area contributed by atoms with Gasteiger partial charge < -0.3 is 5.32 Å². The Morgan fingerprint density at radius 2 is 1.96 bits per heavy atom. The van der Waals surface area contributed by atoms with Crippen LogP contribution in [0.4, 0.5) is 10.8 Å². The molecule has 6 nitrogen and oxygen atoms in total. The molecule has 23 heavy (non-hydrogen) atoms. The molecule has 0 aliphatic rings. The lowest BCUT2D eigenvalue weighted by molar-refractivity contribution is 0.912. The van der Waals surface area contributed by atoms with E-state index >= 15 is 0 Å².